The van der Waals surface area contributed by atoms with Gasteiger partial charge in [0.1, 0.15) is 5.82 Å². The average Bonchev–Trinajstić information content (AvgIpc) is 2.23. The number of aromatic amines is 1. The summed E-state index contributed by atoms with van der Waals surface area (Å²) in [5.41, 5.74) is 1.98. The number of pyridine rings is 1. The zero-order valence-corrected chi connectivity index (χ0v) is 8.25. The van der Waals surface area contributed by atoms with E-state index in [1.54, 1.807) is 18.2 Å². The maximum absolute atomic E-state index is 13.5. The van der Waals surface area contributed by atoms with Gasteiger partial charge in [-0.15, -0.1) is 0 Å². The third-order valence-electron chi connectivity index (χ3n) is 2.22. The maximum atomic E-state index is 13.5. The van der Waals surface area contributed by atoms with E-state index in [0.29, 0.717) is 11.1 Å². The first-order valence-corrected chi connectivity index (χ1v) is 4.62. The van der Waals surface area contributed by atoms with Crippen molar-refractivity contribution in [2.75, 3.05) is 0 Å². The molecule has 0 fully saturated rings. The molecule has 0 bridgehead atoms. The van der Waals surface area contributed by atoms with E-state index >= 15 is 0 Å². The first-order chi connectivity index (χ1) is 7.16. The highest BCUT2D eigenvalue weighted by Crippen LogP contribution is 2.22. The van der Waals surface area contributed by atoms with Gasteiger partial charge in [-0.3, -0.25) is 4.79 Å². The van der Waals surface area contributed by atoms with E-state index in [9.17, 15) is 9.18 Å². The monoisotopic (exact) mass is 203 g/mol. The van der Waals surface area contributed by atoms with Crippen molar-refractivity contribution in [3.8, 4) is 11.1 Å². The van der Waals surface area contributed by atoms with Crippen molar-refractivity contribution in [1.82, 2.24) is 4.98 Å². The van der Waals surface area contributed by atoms with Gasteiger partial charge < -0.3 is 4.98 Å². The summed E-state index contributed by atoms with van der Waals surface area (Å²) in [5.74, 6) is -0.285. The van der Waals surface area contributed by atoms with Crippen LogP contribution in [0.2, 0.25) is 0 Å². The molecule has 1 heterocycles. The second kappa shape index (κ2) is 3.69. The molecular formula is C12H10FNO. The Labute approximate surface area is 86.4 Å². The van der Waals surface area contributed by atoms with Gasteiger partial charge in [0.05, 0.1) is 0 Å². The highest BCUT2D eigenvalue weighted by atomic mass is 19.1. The van der Waals surface area contributed by atoms with E-state index in [1.807, 2.05) is 6.92 Å². The van der Waals surface area contributed by atoms with E-state index in [1.165, 1.54) is 18.3 Å². The minimum absolute atomic E-state index is 0.188. The third-order valence-corrected chi connectivity index (χ3v) is 2.22. The molecule has 1 aromatic carbocycles. The van der Waals surface area contributed by atoms with Crippen molar-refractivity contribution in [2.24, 2.45) is 0 Å². The van der Waals surface area contributed by atoms with Crippen molar-refractivity contribution >= 4 is 0 Å². The van der Waals surface area contributed by atoms with Crippen molar-refractivity contribution in [1.29, 1.82) is 0 Å². The fourth-order valence-corrected chi connectivity index (χ4v) is 1.44. The lowest BCUT2D eigenvalue weighted by molar-refractivity contribution is 0.631. The first kappa shape index (κ1) is 9.65. The molecule has 0 amide bonds. The summed E-state index contributed by atoms with van der Waals surface area (Å²) < 4.78 is 13.5. The van der Waals surface area contributed by atoms with Crippen molar-refractivity contribution in [2.45, 2.75) is 6.92 Å². The molecule has 0 atom stereocenters. The molecule has 2 nitrogen and oxygen atoms in total. The number of H-pyrrole nitrogens is 1. The molecule has 0 aliphatic heterocycles. The summed E-state index contributed by atoms with van der Waals surface area (Å²) in [6, 6.07) is 7.89. The minimum atomic E-state index is -0.285. The number of aryl methyl sites for hydroxylation is 1. The molecule has 76 valence electrons. The Morgan fingerprint density at radius 3 is 2.67 bits per heavy atom. The molecule has 2 aromatic rings. The predicted molar refractivity (Wildman–Crippen MR) is 57.2 cm³/mol. The Balaban J connectivity index is 2.58. The molecule has 2 rings (SSSR count). The highest BCUT2D eigenvalue weighted by molar-refractivity contribution is 5.63. The van der Waals surface area contributed by atoms with Crippen LogP contribution >= 0.6 is 0 Å². The minimum Gasteiger partial charge on any atom is -0.328 e. The van der Waals surface area contributed by atoms with Gasteiger partial charge in [-0.2, -0.15) is 0 Å². The van der Waals surface area contributed by atoms with Crippen LogP contribution in [0.1, 0.15) is 5.56 Å². The Kier molecular flexibility index (Phi) is 2.37. The van der Waals surface area contributed by atoms with Gasteiger partial charge in [-0.1, -0.05) is 11.6 Å². The zero-order valence-electron chi connectivity index (χ0n) is 8.25. The number of hydrogen-bond donors (Lipinski definition) is 1. The summed E-state index contributed by atoms with van der Waals surface area (Å²) in [6.45, 7) is 1.90. The standard InChI is InChI=1S/C12H10FNO/c1-8-2-4-11(13)10(6-8)9-3-5-12(15)14-7-9/h2-7H,1H3,(H,14,15). The smallest absolute Gasteiger partial charge is 0.247 e. The Morgan fingerprint density at radius 2 is 2.00 bits per heavy atom. The van der Waals surface area contributed by atoms with Gasteiger partial charge in [0.25, 0.3) is 0 Å². The quantitative estimate of drug-likeness (QED) is 0.758. The largest absolute Gasteiger partial charge is 0.328 e. The topological polar surface area (TPSA) is 32.9 Å². The lowest BCUT2D eigenvalue weighted by Crippen LogP contribution is -2.01. The Morgan fingerprint density at radius 1 is 1.20 bits per heavy atom. The van der Waals surface area contributed by atoms with Crippen LogP contribution in [-0.4, -0.2) is 4.98 Å². The van der Waals surface area contributed by atoms with Crippen LogP contribution in [0.3, 0.4) is 0 Å². The Hall–Kier alpha value is -1.90. The van der Waals surface area contributed by atoms with Gasteiger partial charge in [-0.25, -0.2) is 4.39 Å². The zero-order chi connectivity index (χ0) is 10.8. The number of halogens is 1. The van der Waals surface area contributed by atoms with Gasteiger partial charge in [0.2, 0.25) is 5.56 Å². The second-order valence-electron chi connectivity index (χ2n) is 3.42. The molecule has 0 saturated carbocycles. The normalized spacial score (nSPS) is 10.3. The molecule has 0 unspecified atom stereocenters. The molecule has 15 heavy (non-hydrogen) atoms. The lowest BCUT2D eigenvalue weighted by atomic mass is 10.0. The lowest BCUT2D eigenvalue weighted by Gasteiger charge is -2.03. The van der Waals surface area contributed by atoms with Crippen LogP contribution in [-0.2, 0) is 0 Å². The number of hydrogen-bond acceptors (Lipinski definition) is 1. The third kappa shape index (κ3) is 1.96. The molecule has 1 aromatic heterocycles. The fourth-order valence-electron chi connectivity index (χ4n) is 1.44. The van der Waals surface area contributed by atoms with E-state index in [0.717, 1.165) is 5.56 Å². The van der Waals surface area contributed by atoms with Crippen LogP contribution < -0.4 is 5.56 Å². The SMILES string of the molecule is Cc1ccc(F)c(-c2ccc(=O)[nH]c2)c1. The number of aromatic nitrogens is 1. The summed E-state index contributed by atoms with van der Waals surface area (Å²) in [4.78, 5) is 13.4. The molecule has 0 spiro atoms. The van der Waals surface area contributed by atoms with E-state index in [2.05, 4.69) is 4.98 Å². The van der Waals surface area contributed by atoms with Gasteiger partial charge in [0, 0.05) is 23.4 Å². The van der Waals surface area contributed by atoms with Gasteiger partial charge in [0.15, 0.2) is 0 Å². The van der Waals surface area contributed by atoms with Crippen LogP contribution in [0.5, 0.6) is 0 Å². The summed E-state index contributed by atoms with van der Waals surface area (Å²) in [7, 11) is 0. The van der Waals surface area contributed by atoms with E-state index in [-0.39, 0.29) is 11.4 Å². The molecule has 0 saturated heterocycles. The molecular weight excluding hydrogens is 193 g/mol. The summed E-state index contributed by atoms with van der Waals surface area (Å²) >= 11 is 0. The molecule has 0 aliphatic carbocycles. The average molecular weight is 203 g/mol. The van der Waals surface area contributed by atoms with Gasteiger partial charge >= 0.3 is 0 Å². The summed E-state index contributed by atoms with van der Waals surface area (Å²) in [6.07, 6.45) is 1.51. The van der Waals surface area contributed by atoms with Crippen molar-refractivity contribution < 1.29 is 4.39 Å². The van der Waals surface area contributed by atoms with Crippen molar-refractivity contribution in [3.05, 3.63) is 58.3 Å². The second-order valence-corrected chi connectivity index (χ2v) is 3.42. The van der Waals surface area contributed by atoms with Crippen LogP contribution in [0.4, 0.5) is 4.39 Å². The predicted octanol–water partition coefficient (Wildman–Crippen LogP) is 2.49. The maximum Gasteiger partial charge on any atom is 0.247 e. The van der Waals surface area contributed by atoms with E-state index < -0.39 is 0 Å². The molecule has 0 radical (unpaired) electrons. The van der Waals surface area contributed by atoms with Crippen LogP contribution in [0, 0.1) is 12.7 Å². The molecule has 0 aliphatic rings. The number of rotatable bonds is 1. The number of nitrogens with one attached hydrogen (secondary N) is 1. The van der Waals surface area contributed by atoms with Crippen LogP contribution in [0.25, 0.3) is 11.1 Å². The molecule has 1 N–H and O–H groups in total. The Bertz CT molecular complexity index is 525. The number of benzene rings is 1. The first-order valence-electron chi connectivity index (χ1n) is 4.62. The fraction of sp³-hybridized carbons (Fsp3) is 0.0833. The molecule has 3 heteroatoms. The van der Waals surface area contributed by atoms with E-state index in [4.69, 9.17) is 0 Å². The summed E-state index contributed by atoms with van der Waals surface area (Å²) in [5, 5.41) is 0. The van der Waals surface area contributed by atoms with Crippen LogP contribution in [0.15, 0.2) is 41.3 Å². The van der Waals surface area contributed by atoms with Crippen molar-refractivity contribution in [3.63, 3.8) is 0 Å². The highest BCUT2D eigenvalue weighted by Gasteiger charge is 2.04. The van der Waals surface area contributed by atoms with Gasteiger partial charge in [-0.05, 0) is 25.1 Å².